The topological polar surface area (TPSA) is 68.2 Å². The van der Waals surface area contributed by atoms with Gasteiger partial charge in [-0.15, -0.1) is 0 Å². The smallest absolute Gasteiger partial charge is 0.398 e. The molecule has 0 aromatic carbocycles. The Bertz CT molecular complexity index is 415. The van der Waals surface area contributed by atoms with E-state index in [0.29, 0.717) is 5.56 Å². The third-order valence-corrected chi connectivity index (χ3v) is 2.88. The standard InChI is InChI=1S/C10H13F3N4/c1-17-3-5(4-17)8-6(14)2-7(10(11,12)13)16-9(8)15/h2,5H,3-4H2,1H3,(H4,14,15,16). The molecule has 0 radical (unpaired) electrons. The van der Waals surface area contributed by atoms with Crippen molar-refractivity contribution >= 4 is 11.5 Å². The molecular formula is C10H13F3N4. The Labute approximate surface area is 96.4 Å². The predicted molar refractivity (Wildman–Crippen MR) is 58.3 cm³/mol. The van der Waals surface area contributed by atoms with Crippen LogP contribution in [0, 0.1) is 0 Å². The van der Waals surface area contributed by atoms with Gasteiger partial charge < -0.3 is 16.4 Å². The molecule has 0 unspecified atom stereocenters. The number of alkyl halides is 3. The summed E-state index contributed by atoms with van der Waals surface area (Å²) in [4.78, 5) is 5.42. The molecule has 1 aromatic rings. The molecule has 2 rings (SSSR count). The number of rotatable bonds is 1. The van der Waals surface area contributed by atoms with Crippen molar-refractivity contribution < 1.29 is 13.2 Å². The fraction of sp³-hybridized carbons (Fsp3) is 0.500. The molecule has 0 saturated carbocycles. The van der Waals surface area contributed by atoms with Gasteiger partial charge in [0.1, 0.15) is 11.5 Å². The summed E-state index contributed by atoms with van der Waals surface area (Å²) in [6.07, 6.45) is -4.52. The number of likely N-dealkylation sites (tertiary alicyclic amines) is 1. The molecule has 1 fully saturated rings. The highest BCUT2D eigenvalue weighted by Gasteiger charge is 2.36. The van der Waals surface area contributed by atoms with Gasteiger partial charge >= 0.3 is 6.18 Å². The van der Waals surface area contributed by atoms with E-state index in [1.54, 1.807) is 0 Å². The molecule has 4 N–H and O–H groups in total. The zero-order valence-electron chi connectivity index (χ0n) is 9.25. The van der Waals surface area contributed by atoms with Crippen LogP contribution >= 0.6 is 0 Å². The van der Waals surface area contributed by atoms with Crippen molar-refractivity contribution in [3.63, 3.8) is 0 Å². The van der Waals surface area contributed by atoms with Crippen molar-refractivity contribution in [2.24, 2.45) is 0 Å². The molecule has 0 bridgehead atoms. The summed E-state index contributed by atoms with van der Waals surface area (Å²) < 4.78 is 37.4. The summed E-state index contributed by atoms with van der Waals surface area (Å²) in [5.41, 5.74) is 10.8. The van der Waals surface area contributed by atoms with Crippen molar-refractivity contribution in [3.05, 3.63) is 17.3 Å². The number of likely N-dealkylation sites (N-methyl/N-ethyl adjacent to an activating group) is 1. The Morgan fingerprint density at radius 3 is 2.35 bits per heavy atom. The summed E-state index contributed by atoms with van der Waals surface area (Å²) in [6.45, 7) is 1.48. The maximum atomic E-state index is 12.5. The monoisotopic (exact) mass is 246 g/mol. The summed E-state index contributed by atoms with van der Waals surface area (Å²) in [7, 11) is 1.92. The largest absolute Gasteiger partial charge is 0.433 e. The molecule has 1 saturated heterocycles. The first-order valence-electron chi connectivity index (χ1n) is 5.10. The van der Waals surface area contributed by atoms with Gasteiger partial charge in [-0.1, -0.05) is 0 Å². The number of hydrogen-bond acceptors (Lipinski definition) is 4. The number of nitrogens with two attached hydrogens (primary N) is 2. The number of halogens is 3. The molecule has 17 heavy (non-hydrogen) atoms. The van der Waals surface area contributed by atoms with E-state index in [2.05, 4.69) is 4.98 Å². The third-order valence-electron chi connectivity index (χ3n) is 2.88. The van der Waals surface area contributed by atoms with Crippen molar-refractivity contribution in [1.29, 1.82) is 0 Å². The van der Waals surface area contributed by atoms with Gasteiger partial charge in [-0.25, -0.2) is 4.98 Å². The molecule has 1 aromatic heterocycles. The molecule has 0 spiro atoms. The third kappa shape index (κ3) is 2.14. The van der Waals surface area contributed by atoms with Crippen LogP contribution in [0.15, 0.2) is 6.07 Å². The summed E-state index contributed by atoms with van der Waals surface area (Å²) in [5.74, 6) is -0.0368. The van der Waals surface area contributed by atoms with Crippen molar-refractivity contribution in [2.75, 3.05) is 31.6 Å². The van der Waals surface area contributed by atoms with Gasteiger partial charge in [0, 0.05) is 30.3 Å². The molecule has 94 valence electrons. The van der Waals surface area contributed by atoms with Crippen LogP contribution in [0.4, 0.5) is 24.7 Å². The van der Waals surface area contributed by atoms with E-state index in [4.69, 9.17) is 11.5 Å². The van der Waals surface area contributed by atoms with E-state index in [-0.39, 0.29) is 17.4 Å². The molecule has 7 heteroatoms. The van der Waals surface area contributed by atoms with Crippen LogP contribution in [-0.4, -0.2) is 30.0 Å². The highest BCUT2D eigenvalue weighted by molar-refractivity contribution is 5.61. The molecule has 2 heterocycles. The molecular weight excluding hydrogens is 233 g/mol. The van der Waals surface area contributed by atoms with Crippen molar-refractivity contribution in [2.45, 2.75) is 12.1 Å². The van der Waals surface area contributed by atoms with E-state index in [9.17, 15) is 13.2 Å². The highest BCUT2D eigenvalue weighted by Crippen LogP contribution is 2.37. The fourth-order valence-corrected chi connectivity index (χ4v) is 2.07. The fourth-order valence-electron chi connectivity index (χ4n) is 2.07. The SMILES string of the molecule is CN1CC(c2c(N)cc(C(F)(F)F)nc2N)C1. The normalized spacial score (nSPS) is 18.1. The zero-order valence-corrected chi connectivity index (χ0v) is 9.25. The Hall–Kier alpha value is -1.50. The average molecular weight is 246 g/mol. The molecule has 0 aliphatic carbocycles. The summed E-state index contributed by atoms with van der Waals surface area (Å²) in [6, 6.07) is 0.851. The van der Waals surface area contributed by atoms with Gasteiger partial charge in [-0.2, -0.15) is 13.2 Å². The maximum Gasteiger partial charge on any atom is 0.433 e. The lowest BCUT2D eigenvalue weighted by Crippen LogP contribution is -2.42. The maximum absolute atomic E-state index is 12.5. The zero-order chi connectivity index (χ0) is 12.8. The number of nitrogens with zero attached hydrogens (tertiary/aromatic N) is 2. The predicted octanol–water partition coefficient (Wildman–Crippen LogP) is 1.29. The van der Waals surface area contributed by atoms with Crippen LogP contribution in [0.1, 0.15) is 17.2 Å². The van der Waals surface area contributed by atoms with Gasteiger partial charge in [0.05, 0.1) is 0 Å². The molecule has 4 nitrogen and oxygen atoms in total. The number of hydrogen-bond donors (Lipinski definition) is 2. The van der Waals surface area contributed by atoms with Crippen LogP contribution in [0.5, 0.6) is 0 Å². The van der Waals surface area contributed by atoms with Crippen LogP contribution in [0.2, 0.25) is 0 Å². The van der Waals surface area contributed by atoms with E-state index in [1.807, 2.05) is 11.9 Å². The van der Waals surface area contributed by atoms with Gasteiger partial charge in [0.25, 0.3) is 0 Å². The Morgan fingerprint density at radius 1 is 1.35 bits per heavy atom. The van der Waals surface area contributed by atoms with Gasteiger partial charge in [0.15, 0.2) is 0 Å². The molecule has 0 atom stereocenters. The Balaban J connectivity index is 2.36. The van der Waals surface area contributed by atoms with E-state index >= 15 is 0 Å². The summed E-state index contributed by atoms with van der Waals surface area (Å²) in [5, 5.41) is 0. The van der Waals surface area contributed by atoms with Crippen LogP contribution < -0.4 is 11.5 Å². The van der Waals surface area contributed by atoms with Crippen LogP contribution in [0.25, 0.3) is 0 Å². The molecule has 1 aliphatic heterocycles. The average Bonchev–Trinajstić information content (AvgIpc) is 2.12. The molecule has 0 amide bonds. The van der Waals surface area contributed by atoms with Crippen LogP contribution in [0.3, 0.4) is 0 Å². The van der Waals surface area contributed by atoms with Gasteiger partial charge in [-0.3, -0.25) is 0 Å². The van der Waals surface area contributed by atoms with E-state index < -0.39 is 11.9 Å². The lowest BCUT2D eigenvalue weighted by Gasteiger charge is -2.37. The lowest BCUT2D eigenvalue weighted by atomic mass is 9.91. The number of nitrogen functional groups attached to an aromatic ring is 2. The van der Waals surface area contributed by atoms with Crippen LogP contribution in [-0.2, 0) is 6.18 Å². The summed E-state index contributed by atoms with van der Waals surface area (Å²) >= 11 is 0. The first kappa shape index (κ1) is 12.0. The minimum atomic E-state index is -4.52. The number of anilines is 2. The second kappa shape index (κ2) is 3.76. The molecule has 1 aliphatic rings. The van der Waals surface area contributed by atoms with E-state index in [0.717, 1.165) is 19.2 Å². The second-order valence-electron chi connectivity index (χ2n) is 4.31. The Kier molecular flexibility index (Phi) is 2.65. The van der Waals surface area contributed by atoms with E-state index in [1.165, 1.54) is 0 Å². The Morgan fingerprint density at radius 2 is 1.94 bits per heavy atom. The van der Waals surface area contributed by atoms with Crippen molar-refractivity contribution in [1.82, 2.24) is 9.88 Å². The number of aromatic nitrogens is 1. The first-order chi connectivity index (χ1) is 7.79. The first-order valence-corrected chi connectivity index (χ1v) is 5.10. The quantitative estimate of drug-likeness (QED) is 0.783. The van der Waals surface area contributed by atoms with Gasteiger partial charge in [-0.05, 0) is 13.1 Å². The number of pyridine rings is 1. The lowest BCUT2D eigenvalue weighted by molar-refractivity contribution is -0.141. The minimum absolute atomic E-state index is 0.0722. The second-order valence-corrected chi connectivity index (χ2v) is 4.31. The highest BCUT2D eigenvalue weighted by atomic mass is 19.4. The minimum Gasteiger partial charge on any atom is -0.398 e. The van der Waals surface area contributed by atoms with Crippen molar-refractivity contribution in [3.8, 4) is 0 Å². The van der Waals surface area contributed by atoms with Gasteiger partial charge in [0.2, 0.25) is 0 Å².